The van der Waals surface area contributed by atoms with Crippen LogP contribution in [-0.2, 0) is 0 Å². The van der Waals surface area contributed by atoms with Crippen LogP contribution in [-0.4, -0.2) is 31.9 Å². The van der Waals surface area contributed by atoms with E-state index in [4.69, 9.17) is 16.7 Å². The third kappa shape index (κ3) is 3.64. The average molecular weight is 281 g/mol. The second kappa shape index (κ2) is 6.83. The first-order valence-corrected chi connectivity index (χ1v) is 7.16. The van der Waals surface area contributed by atoms with Gasteiger partial charge in [-0.1, -0.05) is 11.6 Å². The number of fused-ring (bicyclic) bond motifs is 1. The van der Waals surface area contributed by atoms with E-state index in [1.165, 1.54) is 16.9 Å². The van der Waals surface area contributed by atoms with Gasteiger partial charge in [-0.2, -0.15) is 0 Å². The highest BCUT2D eigenvalue weighted by Gasteiger charge is 2.15. The van der Waals surface area contributed by atoms with Crippen LogP contribution in [0.1, 0.15) is 24.8 Å². The maximum absolute atomic E-state index is 8.75. The Balaban J connectivity index is 1.99. The normalized spacial score (nSPS) is 14.1. The van der Waals surface area contributed by atoms with Gasteiger partial charge in [-0.05, 0) is 43.5 Å². The molecular weight excluding hydrogens is 260 g/mol. The van der Waals surface area contributed by atoms with Gasteiger partial charge in [-0.25, -0.2) is 0 Å². The summed E-state index contributed by atoms with van der Waals surface area (Å²) in [6.45, 7) is 2.12. The van der Waals surface area contributed by atoms with E-state index in [1.54, 1.807) is 0 Å². The summed E-state index contributed by atoms with van der Waals surface area (Å²) in [5, 5.41) is 13.0. The number of halogens is 1. The highest BCUT2D eigenvalue weighted by molar-refractivity contribution is 6.31. The maximum Gasteiger partial charge on any atom is 0.0475 e. The zero-order valence-corrected chi connectivity index (χ0v) is 12.1. The first-order chi connectivity index (χ1) is 9.22. The average Bonchev–Trinajstić information content (AvgIpc) is 2.41. The van der Waals surface area contributed by atoms with Gasteiger partial charge in [-0.15, -0.1) is 0 Å². The van der Waals surface area contributed by atoms with Crippen molar-refractivity contribution in [3.05, 3.63) is 34.9 Å². The molecule has 1 aromatic carbocycles. The number of aliphatic hydroxyl groups excluding tert-OH is 1. The van der Waals surface area contributed by atoms with E-state index in [9.17, 15) is 0 Å². The number of rotatable bonds is 6. The number of hydrogen-bond donors (Lipinski definition) is 2. The Bertz CT molecular complexity index is 459. The molecule has 0 radical (unpaired) electrons. The fraction of sp³-hybridized carbons (Fsp3) is 0.467. The minimum absolute atomic E-state index is 0.287. The highest BCUT2D eigenvalue weighted by atomic mass is 35.5. The Morgan fingerprint density at radius 2 is 2.16 bits per heavy atom. The molecule has 0 saturated carbocycles. The van der Waals surface area contributed by atoms with Gasteiger partial charge in [-0.3, -0.25) is 0 Å². The molecule has 1 aliphatic heterocycles. The molecule has 0 bridgehead atoms. The van der Waals surface area contributed by atoms with Crippen molar-refractivity contribution in [1.82, 2.24) is 5.32 Å². The highest BCUT2D eigenvalue weighted by Crippen LogP contribution is 2.31. The van der Waals surface area contributed by atoms with Gasteiger partial charge in [0.05, 0.1) is 0 Å². The number of nitrogens with one attached hydrogen (secondary N) is 1. The lowest BCUT2D eigenvalue weighted by Gasteiger charge is -2.28. The number of nitrogens with zero attached hydrogens (tertiary/aromatic N) is 1. The Kier molecular flexibility index (Phi) is 5.11. The fourth-order valence-electron chi connectivity index (χ4n) is 2.29. The quantitative estimate of drug-likeness (QED) is 0.787. The molecule has 3 nitrogen and oxygen atoms in total. The van der Waals surface area contributed by atoms with Gasteiger partial charge in [0.15, 0.2) is 0 Å². The smallest absolute Gasteiger partial charge is 0.0475 e. The SMILES string of the molecule is CN1CC=C(NCCCCCO)c2ccc(Cl)cc21. The number of hydrogen-bond acceptors (Lipinski definition) is 3. The number of likely N-dealkylation sites (N-methyl/N-ethyl adjacent to an activating group) is 1. The first kappa shape index (κ1) is 14.2. The number of unbranched alkanes of at least 4 members (excludes halogenated alkanes) is 2. The Hall–Kier alpha value is -1.19. The van der Waals surface area contributed by atoms with Crippen molar-refractivity contribution in [2.24, 2.45) is 0 Å². The summed E-state index contributed by atoms with van der Waals surface area (Å²) < 4.78 is 0. The Morgan fingerprint density at radius 1 is 1.32 bits per heavy atom. The predicted octanol–water partition coefficient (Wildman–Crippen LogP) is 2.88. The molecule has 1 heterocycles. The molecule has 4 heteroatoms. The molecule has 0 unspecified atom stereocenters. The van der Waals surface area contributed by atoms with Crippen LogP contribution < -0.4 is 10.2 Å². The third-order valence-electron chi connectivity index (χ3n) is 3.38. The van der Waals surface area contributed by atoms with Gasteiger partial charge >= 0.3 is 0 Å². The van der Waals surface area contributed by atoms with Crippen molar-refractivity contribution >= 4 is 23.0 Å². The summed E-state index contributed by atoms with van der Waals surface area (Å²) in [4.78, 5) is 2.19. The largest absolute Gasteiger partial charge is 0.396 e. The minimum Gasteiger partial charge on any atom is -0.396 e. The van der Waals surface area contributed by atoms with E-state index in [0.717, 1.165) is 37.4 Å². The Labute approximate surface area is 119 Å². The van der Waals surface area contributed by atoms with Crippen LogP contribution in [0.25, 0.3) is 5.70 Å². The molecule has 0 spiro atoms. The zero-order chi connectivity index (χ0) is 13.7. The van der Waals surface area contributed by atoms with Crippen LogP contribution >= 0.6 is 11.6 Å². The minimum atomic E-state index is 0.287. The summed E-state index contributed by atoms with van der Waals surface area (Å²) >= 11 is 6.06. The van der Waals surface area contributed by atoms with Crippen molar-refractivity contribution in [3.63, 3.8) is 0 Å². The van der Waals surface area contributed by atoms with E-state index in [2.05, 4.69) is 29.4 Å². The number of anilines is 1. The molecule has 2 N–H and O–H groups in total. The van der Waals surface area contributed by atoms with Crippen molar-refractivity contribution in [2.75, 3.05) is 31.6 Å². The van der Waals surface area contributed by atoms with Crippen molar-refractivity contribution < 1.29 is 5.11 Å². The van der Waals surface area contributed by atoms with Crippen molar-refractivity contribution in [3.8, 4) is 0 Å². The lowest BCUT2D eigenvalue weighted by molar-refractivity contribution is 0.283. The fourth-order valence-corrected chi connectivity index (χ4v) is 2.46. The molecule has 19 heavy (non-hydrogen) atoms. The van der Waals surface area contributed by atoms with Gasteiger partial charge in [0.1, 0.15) is 0 Å². The van der Waals surface area contributed by atoms with E-state index in [1.807, 2.05) is 12.1 Å². The lowest BCUT2D eigenvalue weighted by atomic mass is 10.0. The monoisotopic (exact) mass is 280 g/mol. The van der Waals surface area contributed by atoms with E-state index in [-0.39, 0.29) is 6.61 Å². The predicted molar refractivity (Wildman–Crippen MR) is 81.6 cm³/mol. The second-order valence-electron chi connectivity index (χ2n) is 4.87. The molecule has 2 rings (SSSR count). The van der Waals surface area contributed by atoms with Crippen LogP contribution in [0.5, 0.6) is 0 Å². The van der Waals surface area contributed by atoms with Crippen molar-refractivity contribution in [2.45, 2.75) is 19.3 Å². The van der Waals surface area contributed by atoms with Crippen LogP contribution in [0.3, 0.4) is 0 Å². The summed E-state index contributed by atoms with van der Waals surface area (Å²) in [6.07, 6.45) is 5.23. The number of benzene rings is 1. The van der Waals surface area contributed by atoms with Crippen molar-refractivity contribution in [1.29, 1.82) is 0 Å². The number of aliphatic hydroxyl groups is 1. The van der Waals surface area contributed by atoms with Gasteiger partial charge < -0.3 is 15.3 Å². The molecule has 0 aromatic heterocycles. The van der Waals surface area contributed by atoms with Gasteiger partial charge in [0.2, 0.25) is 0 Å². The van der Waals surface area contributed by atoms with E-state index < -0.39 is 0 Å². The van der Waals surface area contributed by atoms with Gasteiger partial charge in [0.25, 0.3) is 0 Å². The maximum atomic E-state index is 8.75. The summed E-state index contributed by atoms with van der Waals surface area (Å²) in [5.41, 5.74) is 3.57. The summed E-state index contributed by atoms with van der Waals surface area (Å²) in [6, 6.07) is 6.01. The summed E-state index contributed by atoms with van der Waals surface area (Å²) in [7, 11) is 2.07. The van der Waals surface area contributed by atoms with Crippen LogP contribution in [0.15, 0.2) is 24.3 Å². The summed E-state index contributed by atoms with van der Waals surface area (Å²) in [5.74, 6) is 0. The zero-order valence-electron chi connectivity index (χ0n) is 11.3. The van der Waals surface area contributed by atoms with Crippen LogP contribution in [0.4, 0.5) is 5.69 Å². The molecule has 1 aromatic rings. The van der Waals surface area contributed by atoms with E-state index >= 15 is 0 Å². The lowest BCUT2D eigenvalue weighted by Crippen LogP contribution is -2.26. The second-order valence-corrected chi connectivity index (χ2v) is 5.31. The molecular formula is C15H21ClN2O. The van der Waals surface area contributed by atoms with E-state index in [0.29, 0.717) is 0 Å². The molecule has 0 aliphatic carbocycles. The van der Waals surface area contributed by atoms with Crippen LogP contribution in [0, 0.1) is 0 Å². The topological polar surface area (TPSA) is 35.5 Å². The Morgan fingerprint density at radius 3 is 2.95 bits per heavy atom. The van der Waals surface area contributed by atoms with Crippen LogP contribution in [0.2, 0.25) is 5.02 Å². The first-order valence-electron chi connectivity index (χ1n) is 6.78. The third-order valence-corrected chi connectivity index (χ3v) is 3.62. The molecule has 104 valence electrons. The molecule has 0 fully saturated rings. The molecule has 0 atom stereocenters. The standard InChI is InChI=1S/C15H21ClN2O/c1-18-9-7-14(17-8-3-2-4-10-19)13-6-5-12(16)11-15(13)18/h5-7,11,17,19H,2-4,8-10H2,1H3. The molecule has 0 amide bonds. The molecule has 1 aliphatic rings. The molecule has 0 saturated heterocycles. The van der Waals surface area contributed by atoms with Gasteiger partial charge in [0, 0.05) is 48.7 Å².